The van der Waals surface area contributed by atoms with E-state index in [0.29, 0.717) is 19.3 Å². The summed E-state index contributed by atoms with van der Waals surface area (Å²) in [4.78, 5) is 35.7. The molecule has 7 heteroatoms. The summed E-state index contributed by atoms with van der Waals surface area (Å²) >= 11 is 0. The first-order valence-electron chi connectivity index (χ1n) is 8.84. The molecule has 0 aliphatic carbocycles. The molecule has 0 saturated heterocycles. The van der Waals surface area contributed by atoms with Crippen molar-refractivity contribution in [1.29, 1.82) is 10.5 Å². The number of rotatable bonds is 12. The zero-order valence-electron chi connectivity index (χ0n) is 16.4. The van der Waals surface area contributed by atoms with Crippen molar-refractivity contribution in [1.82, 2.24) is 10.6 Å². The van der Waals surface area contributed by atoms with Gasteiger partial charge < -0.3 is 5.32 Å². The van der Waals surface area contributed by atoms with E-state index in [4.69, 9.17) is 10.5 Å². The number of amides is 1. The lowest BCUT2D eigenvalue weighted by molar-refractivity contribution is -0.129. The molecule has 0 aliphatic rings. The predicted octanol–water partition coefficient (Wildman–Crippen LogP) is 2.57. The lowest BCUT2D eigenvalue weighted by Crippen LogP contribution is -2.37. The Bertz CT molecular complexity index is 597. The van der Waals surface area contributed by atoms with Crippen molar-refractivity contribution in [3.8, 4) is 12.4 Å². The summed E-state index contributed by atoms with van der Waals surface area (Å²) in [5.41, 5.74) is -1.00. The van der Waals surface area contributed by atoms with Crippen molar-refractivity contribution in [3.05, 3.63) is 0 Å². The van der Waals surface area contributed by atoms with Gasteiger partial charge in [-0.25, -0.2) is 0 Å². The Hall–Kier alpha value is -2.41. The Morgan fingerprint density at radius 2 is 1.38 bits per heavy atom. The SMILES string of the molecule is CC(NC#N)C(C)(C)CCC(=O)CCC(=O)CCC(C)(C)C(=O)NC#N. The average molecular weight is 362 g/mol. The maximum absolute atomic E-state index is 12.0. The predicted molar refractivity (Wildman–Crippen MR) is 97.2 cm³/mol. The highest BCUT2D eigenvalue weighted by Gasteiger charge is 2.28. The molecule has 0 saturated carbocycles. The molecule has 144 valence electrons. The topological polar surface area (TPSA) is 123 Å². The van der Waals surface area contributed by atoms with Gasteiger partial charge >= 0.3 is 0 Å². The molecule has 0 aromatic rings. The molecule has 0 fully saturated rings. The van der Waals surface area contributed by atoms with Crippen molar-refractivity contribution in [3.63, 3.8) is 0 Å². The van der Waals surface area contributed by atoms with Crippen LogP contribution in [0.1, 0.15) is 73.1 Å². The van der Waals surface area contributed by atoms with Crippen LogP contribution in [0.3, 0.4) is 0 Å². The summed E-state index contributed by atoms with van der Waals surface area (Å²) in [5, 5.41) is 22.0. The summed E-state index contributed by atoms with van der Waals surface area (Å²) in [6.07, 6.45) is 5.41. The second kappa shape index (κ2) is 10.6. The van der Waals surface area contributed by atoms with Gasteiger partial charge in [-0.1, -0.05) is 27.7 Å². The van der Waals surface area contributed by atoms with E-state index in [2.05, 4.69) is 10.6 Å². The summed E-state index contributed by atoms with van der Waals surface area (Å²) < 4.78 is 0. The third-order valence-electron chi connectivity index (χ3n) is 5.00. The fourth-order valence-corrected chi connectivity index (χ4v) is 2.28. The van der Waals surface area contributed by atoms with Gasteiger partial charge in [0, 0.05) is 37.1 Å². The summed E-state index contributed by atoms with van der Waals surface area (Å²) in [6.45, 7) is 9.25. The van der Waals surface area contributed by atoms with Crippen LogP contribution in [0.2, 0.25) is 0 Å². The fourth-order valence-electron chi connectivity index (χ4n) is 2.28. The number of Topliss-reactive ketones (excluding diaryl/α,β-unsaturated/α-hetero) is 2. The van der Waals surface area contributed by atoms with Crippen LogP contribution in [0.25, 0.3) is 0 Å². The van der Waals surface area contributed by atoms with Crippen molar-refractivity contribution < 1.29 is 14.4 Å². The van der Waals surface area contributed by atoms with Crippen LogP contribution in [0.15, 0.2) is 0 Å². The number of hydrogen-bond donors (Lipinski definition) is 2. The van der Waals surface area contributed by atoms with E-state index < -0.39 is 11.3 Å². The highest BCUT2D eigenvalue weighted by molar-refractivity contribution is 5.87. The summed E-state index contributed by atoms with van der Waals surface area (Å²) in [6, 6.07) is -0.0382. The van der Waals surface area contributed by atoms with Crippen molar-refractivity contribution in [2.75, 3.05) is 0 Å². The zero-order valence-corrected chi connectivity index (χ0v) is 16.4. The van der Waals surface area contributed by atoms with Gasteiger partial charge in [-0.05, 0) is 25.2 Å². The number of nitrogens with zero attached hydrogens (tertiary/aromatic N) is 2. The molecule has 7 nitrogen and oxygen atoms in total. The van der Waals surface area contributed by atoms with Gasteiger partial charge in [-0.15, -0.1) is 0 Å². The average Bonchev–Trinajstić information content (AvgIpc) is 2.56. The maximum atomic E-state index is 12.0. The van der Waals surface area contributed by atoms with Gasteiger partial charge in [0.25, 0.3) is 0 Å². The van der Waals surface area contributed by atoms with Crippen LogP contribution >= 0.6 is 0 Å². The smallest absolute Gasteiger partial charge is 0.238 e. The highest BCUT2D eigenvalue weighted by atomic mass is 16.2. The first-order chi connectivity index (χ1) is 12.0. The summed E-state index contributed by atoms with van der Waals surface area (Å²) in [5.74, 6) is -0.446. The molecule has 0 spiro atoms. The number of hydrogen-bond acceptors (Lipinski definition) is 6. The molecule has 0 radical (unpaired) electrons. The molecule has 1 atom stereocenters. The van der Waals surface area contributed by atoms with Crippen LogP contribution < -0.4 is 10.6 Å². The first-order valence-corrected chi connectivity index (χ1v) is 8.84. The molecule has 0 heterocycles. The number of carbonyl (C=O) groups excluding carboxylic acids is 3. The van der Waals surface area contributed by atoms with Crippen molar-refractivity contribution >= 4 is 17.5 Å². The number of ketones is 2. The lowest BCUT2D eigenvalue weighted by Gasteiger charge is -2.30. The molecule has 0 bridgehead atoms. The Morgan fingerprint density at radius 1 is 0.885 bits per heavy atom. The minimum atomic E-state index is -0.802. The van der Waals surface area contributed by atoms with E-state index in [1.807, 2.05) is 27.0 Å². The highest BCUT2D eigenvalue weighted by Crippen LogP contribution is 2.27. The van der Waals surface area contributed by atoms with Gasteiger partial charge in [0.15, 0.2) is 12.4 Å². The van der Waals surface area contributed by atoms with Crippen LogP contribution in [-0.4, -0.2) is 23.5 Å². The standard InChI is InChI=1S/C19H30N4O3/c1-14(22-12-20)18(2,3)10-8-15(24)6-7-16(25)9-11-19(4,5)17(26)23-13-21/h14,22H,6-11H2,1-5H3,(H,23,26). The molecular weight excluding hydrogens is 332 g/mol. The van der Waals surface area contributed by atoms with Crippen LogP contribution in [0.4, 0.5) is 0 Å². The lowest BCUT2D eigenvalue weighted by atomic mass is 9.80. The van der Waals surface area contributed by atoms with E-state index in [0.717, 1.165) is 0 Å². The van der Waals surface area contributed by atoms with Gasteiger partial charge in [0.2, 0.25) is 5.91 Å². The molecule has 1 amide bonds. The normalized spacial score (nSPS) is 12.4. The zero-order chi connectivity index (χ0) is 20.4. The van der Waals surface area contributed by atoms with Gasteiger partial charge in [0.05, 0.1) is 0 Å². The number of nitrogens with one attached hydrogen (secondary N) is 2. The largest absolute Gasteiger partial charge is 0.321 e. The Morgan fingerprint density at radius 3 is 1.85 bits per heavy atom. The van der Waals surface area contributed by atoms with E-state index in [9.17, 15) is 14.4 Å². The quantitative estimate of drug-likeness (QED) is 0.406. The molecule has 26 heavy (non-hydrogen) atoms. The van der Waals surface area contributed by atoms with Gasteiger partial charge in [-0.2, -0.15) is 10.5 Å². The van der Waals surface area contributed by atoms with E-state index in [1.165, 1.54) is 0 Å². The Kier molecular flexibility index (Phi) is 9.57. The molecule has 0 aliphatic heterocycles. The van der Waals surface area contributed by atoms with Crippen LogP contribution in [0, 0.1) is 33.7 Å². The molecule has 2 N–H and O–H groups in total. The van der Waals surface area contributed by atoms with Crippen LogP contribution in [-0.2, 0) is 14.4 Å². The van der Waals surface area contributed by atoms with Crippen molar-refractivity contribution in [2.24, 2.45) is 10.8 Å². The second-order valence-electron chi connectivity index (χ2n) is 7.99. The third kappa shape index (κ3) is 8.62. The van der Waals surface area contributed by atoms with Gasteiger partial charge in [0.1, 0.15) is 11.6 Å². The molecule has 0 aromatic heterocycles. The van der Waals surface area contributed by atoms with Crippen LogP contribution in [0.5, 0.6) is 0 Å². The first kappa shape index (κ1) is 23.6. The maximum Gasteiger partial charge on any atom is 0.238 e. The Labute approximate surface area is 156 Å². The molecule has 0 rings (SSSR count). The second-order valence-corrected chi connectivity index (χ2v) is 7.99. The minimum absolute atomic E-state index is 0.0251. The monoisotopic (exact) mass is 362 g/mol. The molecular formula is C19H30N4O3. The van der Waals surface area contributed by atoms with E-state index >= 15 is 0 Å². The number of carbonyl (C=O) groups is 3. The minimum Gasteiger partial charge on any atom is -0.321 e. The Balaban J connectivity index is 4.24. The van der Waals surface area contributed by atoms with Crippen molar-refractivity contribution in [2.45, 2.75) is 79.2 Å². The third-order valence-corrected chi connectivity index (χ3v) is 5.00. The number of nitriles is 2. The molecule has 0 aromatic carbocycles. The van der Waals surface area contributed by atoms with Gasteiger partial charge in [-0.3, -0.25) is 19.7 Å². The summed E-state index contributed by atoms with van der Waals surface area (Å²) in [7, 11) is 0. The molecule has 1 unspecified atom stereocenters. The van der Waals surface area contributed by atoms with E-state index in [-0.39, 0.29) is 42.3 Å². The fraction of sp³-hybridized carbons (Fsp3) is 0.737. The van der Waals surface area contributed by atoms with E-state index in [1.54, 1.807) is 20.0 Å².